The third-order valence-corrected chi connectivity index (χ3v) is 19.5. The summed E-state index contributed by atoms with van der Waals surface area (Å²) >= 11 is 0. The smallest absolute Gasteiger partial charge is 0 e. The van der Waals surface area contributed by atoms with Crippen LogP contribution in [0.1, 0.15) is 47.1 Å². The van der Waals surface area contributed by atoms with Crippen LogP contribution < -0.4 is 10.4 Å². The molecule has 0 heterocycles. The number of rotatable bonds is 16. The Kier molecular flexibility index (Phi) is 46.7. The fraction of sp³-hybridized carbons (Fsp3) is 0.391. The predicted octanol–water partition coefficient (Wildman–Crippen LogP) is 8.11. The average molecular weight is 973 g/mol. The zero-order chi connectivity index (χ0) is 46.6. The average Bonchev–Trinajstić information content (AvgIpc) is 3.29. The van der Waals surface area contributed by atoms with E-state index in [-0.39, 0.29) is 44.7 Å². The molecule has 0 saturated heterocycles. The molecule has 61 heavy (non-hydrogen) atoms. The monoisotopic (exact) mass is 972 g/mol. The van der Waals surface area contributed by atoms with Gasteiger partial charge in [-0.2, -0.15) is 0 Å². The van der Waals surface area contributed by atoms with Crippen LogP contribution in [0.25, 0.3) is 0 Å². The Morgan fingerprint density at radius 3 is 1.36 bits per heavy atom. The molecule has 0 fully saturated rings. The number of ether oxygens (including phenoxy) is 1. The molecule has 0 aromatic heterocycles. The van der Waals surface area contributed by atoms with E-state index >= 15 is 0 Å². The van der Waals surface area contributed by atoms with Gasteiger partial charge in [0.2, 0.25) is 0 Å². The van der Waals surface area contributed by atoms with Gasteiger partial charge in [0.05, 0.1) is 19.3 Å². The van der Waals surface area contributed by atoms with E-state index in [0.717, 1.165) is 34.1 Å². The van der Waals surface area contributed by atoms with Gasteiger partial charge in [-0.1, -0.05) is 170 Å². The second-order valence-electron chi connectivity index (χ2n) is 14.5. The first-order valence-corrected chi connectivity index (χ1v) is 26.4. The molecule has 0 bridgehead atoms. The molecule has 0 saturated carbocycles. The Morgan fingerprint density at radius 1 is 0.639 bits per heavy atom. The van der Waals surface area contributed by atoms with E-state index < -0.39 is 36.9 Å². The molecule has 3 rings (SSSR count). The fourth-order valence-electron chi connectivity index (χ4n) is 5.96. The summed E-state index contributed by atoms with van der Waals surface area (Å²) in [6, 6.07) is 34.6. The van der Waals surface area contributed by atoms with Crippen molar-refractivity contribution in [3.8, 4) is 11.5 Å². The molecule has 10 nitrogen and oxygen atoms in total. The van der Waals surface area contributed by atoms with Crippen molar-refractivity contribution in [3.05, 3.63) is 149 Å². The second-order valence-corrected chi connectivity index (χ2v) is 28.3. The third-order valence-electron chi connectivity index (χ3n) is 8.95. The maximum atomic E-state index is 11.8. The van der Waals surface area contributed by atoms with Crippen LogP contribution in [0.4, 0.5) is 0 Å². The number of benzene rings is 3. The molecule has 15 heteroatoms. The summed E-state index contributed by atoms with van der Waals surface area (Å²) in [6.45, 7) is 48.0. The maximum Gasteiger partial charge on any atom is 0 e. The third kappa shape index (κ3) is 25.6. The Hall–Kier alpha value is -3.10. The molecule has 332 valence electrons. The Labute approximate surface area is 389 Å². The van der Waals surface area contributed by atoms with Crippen molar-refractivity contribution in [2.24, 2.45) is 0 Å². The van der Waals surface area contributed by atoms with Gasteiger partial charge in [0.15, 0.2) is 8.32 Å². The molecule has 0 aliphatic carbocycles. The first-order valence-electron chi connectivity index (χ1n) is 18.5. The molecule has 0 amide bonds. The molecule has 2 radical (unpaired) electrons. The minimum absolute atomic E-state index is 0. The number of hydrogen-bond donors (Lipinski definition) is 1. The van der Waals surface area contributed by atoms with Crippen LogP contribution in [0.15, 0.2) is 103 Å². The summed E-state index contributed by atoms with van der Waals surface area (Å²) in [4.78, 5) is 0. The van der Waals surface area contributed by atoms with Crippen LogP contribution in [-0.2, 0) is 81.7 Å². The molecule has 0 unspecified atom stereocenters. The Bertz CT molecular complexity index is 1630. The normalized spacial score (nSPS) is 11.6. The standard InChI is InChI=1S/C40H58O4Si3.6CO.2Co/c1-10-46(11-2,12-3)43-33-35(42-32-34-22-16-13-17-23-34)28-29-39(38(41)30-31-45(7,8)9)44-47(40(4,5)6,36-24-18-14-19-25-36)37-26-20-15-21-27-37;6*1-2;;/h13-29,35,38-39,41H,10-12,32-33H2,1-9H3;;;;;;;;/b29-28-;;;;;;;;/t35-,38+,39+;;;;;;;;/m0......../s1. The summed E-state index contributed by atoms with van der Waals surface area (Å²) in [6.07, 6.45) is 2.04. The molecule has 3 aromatic carbocycles. The van der Waals surface area contributed by atoms with Gasteiger partial charge in [-0.05, 0) is 39.1 Å². The van der Waals surface area contributed by atoms with Gasteiger partial charge < -0.3 is 18.7 Å². The predicted molar refractivity (Wildman–Crippen MR) is 231 cm³/mol. The molecule has 0 aliphatic rings. The number of aliphatic hydroxyl groups is 1. The van der Waals surface area contributed by atoms with E-state index in [1.54, 1.807) is 0 Å². The van der Waals surface area contributed by atoms with E-state index in [0.29, 0.717) is 13.2 Å². The van der Waals surface area contributed by atoms with Gasteiger partial charge in [-0.3, -0.25) is 0 Å². The topological polar surface area (TPSA) is 167 Å². The van der Waals surface area contributed by atoms with Gasteiger partial charge in [0.1, 0.15) is 20.3 Å². The summed E-state index contributed by atoms with van der Waals surface area (Å²) < 4.78 is 65.7. The maximum absolute atomic E-state index is 11.8. The van der Waals surface area contributed by atoms with Crippen LogP contribution in [0.3, 0.4) is 0 Å². The molecular formula is C46H58Co2O10Si3. The van der Waals surface area contributed by atoms with Gasteiger partial charge in [-0.25, -0.2) is 0 Å². The number of hydrogen-bond acceptors (Lipinski definition) is 4. The SMILES string of the molecule is CC[Si](CC)(CC)OC[C@H](/C=C\[C@@H](O[Si](c1ccccc1)(c1ccccc1)C(C)(C)C)[C@H](O)C#C[Si](C)(C)C)OCc1ccccc1.[C-]#[O+].[C-]#[O+].[C-]#[O+].[C-]#[O+].[C-]#[O+].[C-]#[O+].[Co].[Co]. The van der Waals surface area contributed by atoms with Crippen molar-refractivity contribution < 1.29 is 80.2 Å². The second kappa shape index (κ2) is 40.9. The van der Waals surface area contributed by atoms with Gasteiger partial charge in [0.25, 0.3) is 8.32 Å². The molecule has 0 aliphatic heterocycles. The fourth-order valence-corrected chi connectivity index (χ4v) is 13.8. The van der Waals surface area contributed by atoms with Gasteiger partial charge in [0, 0.05) is 33.6 Å². The summed E-state index contributed by atoms with van der Waals surface area (Å²) in [5.41, 5.74) is 4.51. The van der Waals surface area contributed by atoms with E-state index in [1.165, 1.54) is 0 Å². The van der Waals surface area contributed by atoms with Crippen molar-refractivity contribution >= 4 is 35.1 Å². The van der Waals surface area contributed by atoms with E-state index in [4.69, 9.17) is 41.5 Å². The van der Waals surface area contributed by atoms with Crippen molar-refractivity contribution in [2.45, 2.75) is 109 Å². The van der Waals surface area contributed by atoms with Crippen LogP contribution in [0.2, 0.25) is 42.8 Å². The van der Waals surface area contributed by atoms with Crippen LogP contribution in [0.5, 0.6) is 0 Å². The summed E-state index contributed by atoms with van der Waals surface area (Å²) in [7, 11) is -6.61. The molecular weight excluding hydrogens is 915 g/mol. The molecule has 3 atom stereocenters. The number of aliphatic hydroxyl groups excluding tert-OH is 1. The van der Waals surface area contributed by atoms with E-state index in [2.05, 4.69) is 173 Å². The summed E-state index contributed by atoms with van der Waals surface area (Å²) in [5, 5.41) is 13.9. The van der Waals surface area contributed by atoms with Crippen LogP contribution in [0, 0.1) is 51.4 Å². The van der Waals surface area contributed by atoms with E-state index in [9.17, 15) is 5.11 Å². The molecule has 0 spiro atoms. The van der Waals surface area contributed by atoms with Crippen molar-refractivity contribution in [1.29, 1.82) is 0 Å². The Balaban J connectivity index is -0.000000495. The van der Waals surface area contributed by atoms with Crippen LogP contribution in [-0.4, -0.2) is 54.7 Å². The van der Waals surface area contributed by atoms with E-state index in [1.807, 2.05) is 42.5 Å². The zero-order valence-corrected chi connectivity index (χ0v) is 41.5. The summed E-state index contributed by atoms with van der Waals surface area (Å²) in [5.74, 6) is 3.21. The first kappa shape index (κ1) is 69.6. The van der Waals surface area contributed by atoms with Crippen molar-refractivity contribution in [2.75, 3.05) is 6.61 Å². The molecule has 3 aromatic rings. The van der Waals surface area contributed by atoms with Gasteiger partial charge in [-0.15, -0.1) is 5.54 Å². The quantitative estimate of drug-likeness (QED) is 0.0504. The minimum atomic E-state index is -2.99. The first-order chi connectivity index (χ1) is 28.3. The van der Waals surface area contributed by atoms with Gasteiger partial charge >= 0.3 is 67.8 Å². The van der Waals surface area contributed by atoms with Crippen LogP contribution >= 0.6 is 0 Å². The zero-order valence-electron chi connectivity index (χ0n) is 36.4. The minimum Gasteiger partial charge on any atom is 0 e. The van der Waals surface area contributed by atoms with Crippen molar-refractivity contribution in [1.82, 2.24) is 0 Å². The largest absolute Gasteiger partial charge is 0 e. The molecule has 1 N–H and O–H groups in total. The Morgan fingerprint density at radius 2 is 1.02 bits per heavy atom. The van der Waals surface area contributed by atoms with Crippen molar-refractivity contribution in [3.63, 3.8) is 0 Å².